The summed E-state index contributed by atoms with van der Waals surface area (Å²) in [5, 5.41) is 9.31. The number of nitrogens with zero attached hydrogens (tertiary/aromatic N) is 4. The van der Waals surface area contributed by atoms with E-state index in [-0.39, 0.29) is 11.8 Å². The molecule has 0 radical (unpaired) electrons. The first kappa shape index (κ1) is 21.8. The van der Waals surface area contributed by atoms with E-state index < -0.39 is 0 Å². The van der Waals surface area contributed by atoms with Gasteiger partial charge in [-0.05, 0) is 44.1 Å². The molecule has 2 aliphatic rings. The summed E-state index contributed by atoms with van der Waals surface area (Å²) in [4.78, 5) is 37.6. The van der Waals surface area contributed by atoms with Crippen molar-refractivity contribution in [3.8, 4) is 0 Å². The number of fused-ring (bicyclic) bond motifs is 2. The highest BCUT2D eigenvalue weighted by molar-refractivity contribution is 6.32. The van der Waals surface area contributed by atoms with Gasteiger partial charge < -0.3 is 25.8 Å². The summed E-state index contributed by atoms with van der Waals surface area (Å²) in [6.07, 6.45) is 5.49. The molecule has 0 unspecified atom stereocenters. The summed E-state index contributed by atoms with van der Waals surface area (Å²) in [5.74, 6) is 0.946. The van der Waals surface area contributed by atoms with Crippen molar-refractivity contribution in [2.75, 3.05) is 49.7 Å². The lowest BCUT2D eigenvalue weighted by molar-refractivity contribution is -0.129. The zero-order valence-corrected chi connectivity index (χ0v) is 18.5. The van der Waals surface area contributed by atoms with Crippen LogP contribution in [0.25, 0.3) is 5.57 Å². The molecular formula is C23H29N7O2. The van der Waals surface area contributed by atoms with E-state index in [4.69, 9.17) is 0 Å². The first-order valence-electron chi connectivity index (χ1n) is 10.9. The molecule has 3 N–H and O–H groups in total. The second kappa shape index (κ2) is 9.78. The predicted molar refractivity (Wildman–Crippen MR) is 125 cm³/mol. The van der Waals surface area contributed by atoms with Gasteiger partial charge in [0.1, 0.15) is 18.0 Å². The van der Waals surface area contributed by atoms with Crippen molar-refractivity contribution >= 4 is 34.7 Å². The van der Waals surface area contributed by atoms with Crippen molar-refractivity contribution in [3.05, 3.63) is 47.9 Å². The van der Waals surface area contributed by atoms with Crippen molar-refractivity contribution in [2.24, 2.45) is 0 Å². The van der Waals surface area contributed by atoms with Crippen LogP contribution in [0.5, 0.6) is 0 Å². The van der Waals surface area contributed by atoms with Gasteiger partial charge in [0.15, 0.2) is 0 Å². The first-order chi connectivity index (χ1) is 15.5. The summed E-state index contributed by atoms with van der Waals surface area (Å²) >= 11 is 0. The average Bonchev–Trinajstić information content (AvgIpc) is 3.10. The molecule has 3 heterocycles. The molecule has 0 aliphatic carbocycles. The molecule has 0 atom stereocenters. The number of nitrogens with one attached hydrogen (secondary N) is 3. The number of carbonyl (C=O) groups is 2. The summed E-state index contributed by atoms with van der Waals surface area (Å²) in [7, 11) is 3.90. The Bertz CT molecular complexity index is 1040. The fourth-order valence-electron chi connectivity index (χ4n) is 3.92. The highest BCUT2D eigenvalue weighted by Gasteiger charge is 2.29. The normalized spacial score (nSPS) is 19.9. The highest BCUT2D eigenvalue weighted by Crippen LogP contribution is 2.34. The van der Waals surface area contributed by atoms with Crippen LogP contribution in [0.2, 0.25) is 0 Å². The minimum Gasteiger partial charge on any atom is -0.368 e. The van der Waals surface area contributed by atoms with Crippen molar-refractivity contribution in [1.82, 2.24) is 19.8 Å². The van der Waals surface area contributed by atoms with E-state index in [1.54, 1.807) is 11.1 Å². The molecule has 32 heavy (non-hydrogen) atoms. The van der Waals surface area contributed by atoms with Gasteiger partial charge in [-0.15, -0.1) is 0 Å². The van der Waals surface area contributed by atoms with E-state index in [1.165, 1.54) is 11.9 Å². The van der Waals surface area contributed by atoms with Crippen LogP contribution in [0, 0.1) is 0 Å². The van der Waals surface area contributed by atoms with E-state index in [1.807, 2.05) is 19.2 Å². The molecule has 9 nitrogen and oxygen atoms in total. The fourth-order valence-corrected chi connectivity index (χ4v) is 3.92. The van der Waals surface area contributed by atoms with E-state index in [0.717, 1.165) is 31.6 Å². The third kappa shape index (κ3) is 5.05. The van der Waals surface area contributed by atoms with Gasteiger partial charge in [-0.1, -0.05) is 12.1 Å². The van der Waals surface area contributed by atoms with Crippen LogP contribution in [-0.4, -0.2) is 65.3 Å². The minimum absolute atomic E-state index is 0.134. The zero-order chi connectivity index (χ0) is 22.5. The van der Waals surface area contributed by atoms with Gasteiger partial charge in [0.05, 0.1) is 11.1 Å². The Morgan fingerprint density at radius 3 is 2.75 bits per heavy atom. The van der Waals surface area contributed by atoms with Crippen LogP contribution in [0.3, 0.4) is 0 Å². The minimum atomic E-state index is -0.231. The molecular weight excluding hydrogens is 406 g/mol. The smallest absolute Gasteiger partial charge is 0.259 e. The summed E-state index contributed by atoms with van der Waals surface area (Å²) < 4.78 is 0. The summed E-state index contributed by atoms with van der Waals surface area (Å²) in [6, 6.07) is 8.14. The molecule has 0 saturated heterocycles. The lowest BCUT2D eigenvalue weighted by atomic mass is 10.1. The van der Waals surface area contributed by atoms with Crippen LogP contribution in [0.1, 0.15) is 30.4 Å². The molecule has 2 bridgehead atoms. The number of rotatable bonds is 0. The Morgan fingerprint density at radius 2 is 1.88 bits per heavy atom. The molecule has 1 aromatic carbocycles. The fraction of sp³-hybridized carbons (Fsp3) is 0.391. The number of amides is 2. The van der Waals surface area contributed by atoms with Crippen LogP contribution < -0.4 is 16.0 Å². The molecule has 0 saturated carbocycles. The Morgan fingerprint density at radius 1 is 1.03 bits per heavy atom. The Kier molecular flexibility index (Phi) is 6.65. The molecule has 2 aromatic rings. The van der Waals surface area contributed by atoms with Crippen molar-refractivity contribution < 1.29 is 9.59 Å². The van der Waals surface area contributed by atoms with Gasteiger partial charge in [0.2, 0.25) is 5.91 Å². The van der Waals surface area contributed by atoms with Gasteiger partial charge in [0, 0.05) is 45.0 Å². The lowest BCUT2D eigenvalue weighted by Crippen LogP contribution is -2.31. The van der Waals surface area contributed by atoms with Gasteiger partial charge in [0.25, 0.3) is 5.91 Å². The van der Waals surface area contributed by atoms with Crippen LogP contribution in [0.4, 0.5) is 17.3 Å². The molecule has 2 aliphatic heterocycles. The average molecular weight is 436 g/mol. The molecule has 1 aromatic heterocycles. The maximum absolute atomic E-state index is 12.6. The number of hydrogen-bond acceptors (Lipinski definition) is 7. The van der Waals surface area contributed by atoms with Crippen molar-refractivity contribution in [1.29, 1.82) is 0 Å². The lowest BCUT2D eigenvalue weighted by Gasteiger charge is -2.19. The maximum Gasteiger partial charge on any atom is 0.259 e. The zero-order valence-electron chi connectivity index (χ0n) is 18.5. The Hall–Kier alpha value is -3.46. The number of likely N-dealkylation sites (N-methyl/N-ethyl adjacent to an activating group) is 1. The Labute approximate surface area is 187 Å². The van der Waals surface area contributed by atoms with Crippen LogP contribution in [0.15, 0.2) is 36.8 Å². The second-order valence-electron chi connectivity index (χ2n) is 8.24. The number of benzene rings is 1. The van der Waals surface area contributed by atoms with Crippen molar-refractivity contribution in [3.63, 3.8) is 0 Å². The molecule has 0 fully saturated rings. The Balaban J connectivity index is 1.63. The number of aromatic nitrogens is 2. The van der Waals surface area contributed by atoms with Crippen LogP contribution in [-0.2, 0) is 16.1 Å². The SMILES string of the molecule is CN1CCCCC(=O)N(C)CCNc2ncnc3c2/C(=C/Nc2cccc(c2)C1)C(=O)N3. The quantitative estimate of drug-likeness (QED) is 0.584. The number of carbonyl (C=O) groups excluding carboxylic acids is 2. The largest absolute Gasteiger partial charge is 0.368 e. The first-order valence-corrected chi connectivity index (χ1v) is 10.9. The molecule has 168 valence electrons. The monoisotopic (exact) mass is 435 g/mol. The van der Waals surface area contributed by atoms with Crippen LogP contribution >= 0.6 is 0 Å². The van der Waals surface area contributed by atoms with Crippen molar-refractivity contribution in [2.45, 2.75) is 25.8 Å². The molecule has 0 spiro atoms. The van der Waals surface area contributed by atoms with E-state index in [2.05, 4.69) is 50.0 Å². The molecule has 4 rings (SSSR count). The third-order valence-electron chi connectivity index (χ3n) is 5.70. The van der Waals surface area contributed by atoms with Gasteiger partial charge >= 0.3 is 0 Å². The van der Waals surface area contributed by atoms with Gasteiger partial charge in [-0.25, -0.2) is 9.97 Å². The van der Waals surface area contributed by atoms with E-state index >= 15 is 0 Å². The highest BCUT2D eigenvalue weighted by atomic mass is 16.2. The topological polar surface area (TPSA) is 102 Å². The standard InChI is InChI=1S/C23H29N7O2/c1-29-10-4-3-8-19(31)30(2)11-9-24-21-20-18(23(32)28-22(20)27-15-26-21)13-25-17-7-5-6-16(12-17)14-29/h5-7,12-13,15,25H,3-4,8-11,14H2,1-2H3,(H2,24,26,27,28,32)/b18-13-. The maximum atomic E-state index is 12.6. The predicted octanol–water partition coefficient (Wildman–Crippen LogP) is 2.37. The van der Waals surface area contributed by atoms with Gasteiger partial charge in [-0.3, -0.25) is 9.59 Å². The summed E-state index contributed by atoms with van der Waals surface area (Å²) in [5.41, 5.74) is 3.17. The second-order valence-corrected chi connectivity index (χ2v) is 8.24. The number of anilines is 3. The van der Waals surface area contributed by atoms with E-state index in [9.17, 15) is 9.59 Å². The van der Waals surface area contributed by atoms with Gasteiger partial charge in [-0.2, -0.15) is 0 Å². The summed E-state index contributed by atoms with van der Waals surface area (Å²) in [6.45, 7) is 2.80. The third-order valence-corrected chi connectivity index (χ3v) is 5.70. The molecule has 2 amide bonds. The number of hydrogen-bond donors (Lipinski definition) is 3. The van der Waals surface area contributed by atoms with E-state index in [0.29, 0.717) is 42.3 Å². The molecule has 9 heteroatoms.